The van der Waals surface area contributed by atoms with Crippen LogP contribution in [0, 0.1) is 6.92 Å². The zero-order chi connectivity index (χ0) is 29.1. The third-order valence-corrected chi connectivity index (χ3v) is 10.0. The van der Waals surface area contributed by atoms with Gasteiger partial charge in [0, 0.05) is 42.4 Å². The maximum atomic E-state index is 13.0. The molecule has 0 unspecified atom stereocenters. The van der Waals surface area contributed by atoms with Crippen LogP contribution in [0.3, 0.4) is 0 Å². The average Bonchev–Trinajstić information content (AvgIpc) is 3.51. The highest BCUT2D eigenvalue weighted by Gasteiger charge is 2.23. The Morgan fingerprint density at radius 3 is 2.33 bits per heavy atom. The minimum atomic E-state index is -2.89. The van der Waals surface area contributed by atoms with Crippen LogP contribution in [0.4, 0.5) is 5.69 Å². The smallest absolute Gasteiger partial charge is 0.255 e. The first-order chi connectivity index (χ1) is 20.3. The van der Waals surface area contributed by atoms with Crippen molar-refractivity contribution in [3.8, 4) is 22.5 Å². The molecule has 218 valence electrons. The Morgan fingerprint density at radius 1 is 0.929 bits per heavy atom. The summed E-state index contributed by atoms with van der Waals surface area (Å²) in [4.78, 5) is 19.8. The number of hydrogen-bond donors (Lipinski definition) is 1. The van der Waals surface area contributed by atoms with E-state index in [1.54, 1.807) is 0 Å². The Kier molecular flexibility index (Phi) is 8.22. The number of aryl methyl sites for hydroxylation is 1. The van der Waals surface area contributed by atoms with Gasteiger partial charge in [-0.2, -0.15) is 4.98 Å². The summed E-state index contributed by atoms with van der Waals surface area (Å²) in [6, 6.07) is 21.5. The molecule has 1 saturated heterocycles. The van der Waals surface area contributed by atoms with E-state index in [9.17, 15) is 13.2 Å². The van der Waals surface area contributed by atoms with Crippen molar-refractivity contribution in [3.05, 3.63) is 89.3 Å². The van der Waals surface area contributed by atoms with E-state index in [0.717, 1.165) is 46.5 Å². The third kappa shape index (κ3) is 6.63. The Bertz CT molecular complexity index is 1640. The number of benzene rings is 3. The van der Waals surface area contributed by atoms with E-state index in [1.807, 2.05) is 54.6 Å². The van der Waals surface area contributed by atoms with Gasteiger partial charge in [0.2, 0.25) is 11.7 Å². The second kappa shape index (κ2) is 12.2. The van der Waals surface area contributed by atoms with E-state index in [2.05, 4.69) is 34.4 Å². The van der Waals surface area contributed by atoms with Crippen molar-refractivity contribution in [2.24, 2.45) is 0 Å². The highest BCUT2D eigenvalue weighted by atomic mass is 32.2. The van der Waals surface area contributed by atoms with Crippen LogP contribution in [0.5, 0.6) is 0 Å². The van der Waals surface area contributed by atoms with Gasteiger partial charge in [-0.3, -0.25) is 9.69 Å². The lowest BCUT2D eigenvalue weighted by molar-refractivity contribution is 0.102. The summed E-state index contributed by atoms with van der Waals surface area (Å²) in [6.45, 7) is 3.87. The van der Waals surface area contributed by atoms with Gasteiger partial charge in [0.25, 0.3) is 5.91 Å². The molecule has 6 rings (SSSR count). The molecule has 2 fully saturated rings. The van der Waals surface area contributed by atoms with Crippen LogP contribution in [0.1, 0.15) is 65.4 Å². The van der Waals surface area contributed by atoms with Crippen molar-refractivity contribution >= 4 is 21.4 Å². The number of aromatic nitrogens is 2. The van der Waals surface area contributed by atoms with Crippen LogP contribution in [-0.4, -0.2) is 54.0 Å². The maximum absolute atomic E-state index is 13.0. The predicted molar refractivity (Wildman–Crippen MR) is 164 cm³/mol. The van der Waals surface area contributed by atoms with Crippen molar-refractivity contribution in [3.63, 3.8) is 0 Å². The van der Waals surface area contributed by atoms with Crippen molar-refractivity contribution < 1.29 is 17.7 Å². The van der Waals surface area contributed by atoms with E-state index < -0.39 is 9.84 Å². The van der Waals surface area contributed by atoms with E-state index in [4.69, 9.17) is 9.51 Å². The van der Waals surface area contributed by atoms with E-state index in [0.29, 0.717) is 42.6 Å². The summed E-state index contributed by atoms with van der Waals surface area (Å²) >= 11 is 0. The number of nitrogens with one attached hydrogen (secondary N) is 1. The van der Waals surface area contributed by atoms with Crippen LogP contribution in [0.15, 0.2) is 71.3 Å². The summed E-state index contributed by atoms with van der Waals surface area (Å²) in [5.74, 6) is 1.97. The van der Waals surface area contributed by atoms with Gasteiger partial charge in [0.15, 0.2) is 9.84 Å². The molecule has 1 saturated carbocycles. The SMILES string of the molecule is Cc1ccc(-c2noc(C3CCCCC3)n2)cc1-c1ccc(C(=O)Nc2ccc(CN3CCS(=O)(=O)CC3)cc2)cc1. The van der Waals surface area contributed by atoms with Gasteiger partial charge < -0.3 is 9.84 Å². The first kappa shape index (κ1) is 28.3. The van der Waals surface area contributed by atoms with E-state index in [-0.39, 0.29) is 17.4 Å². The highest BCUT2D eigenvalue weighted by Crippen LogP contribution is 2.34. The van der Waals surface area contributed by atoms with Gasteiger partial charge in [-0.25, -0.2) is 8.42 Å². The molecular formula is C33H36N4O4S. The molecule has 0 radical (unpaired) electrons. The molecule has 1 amide bonds. The fourth-order valence-corrected chi connectivity index (χ4v) is 7.08. The van der Waals surface area contributed by atoms with Gasteiger partial charge in [-0.15, -0.1) is 0 Å². The van der Waals surface area contributed by atoms with Crippen molar-refractivity contribution in [1.82, 2.24) is 15.0 Å². The summed E-state index contributed by atoms with van der Waals surface area (Å²) < 4.78 is 29.0. The molecule has 1 aliphatic heterocycles. The monoisotopic (exact) mass is 584 g/mol. The van der Waals surface area contributed by atoms with Crippen molar-refractivity contribution in [2.75, 3.05) is 29.9 Å². The lowest BCUT2D eigenvalue weighted by Crippen LogP contribution is -2.39. The number of hydrogen-bond acceptors (Lipinski definition) is 7. The van der Waals surface area contributed by atoms with E-state index in [1.165, 1.54) is 19.3 Å². The molecule has 2 heterocycles. The largest absolute Gasteiger partial charge is 0.339 e. The molecule has 0 atom stereocenters. The van der Waals surface area contributed by atoms with E-state index >= 15 is 0 Å². The van der Waals surface area contributed by atoms with Gasteiger partial charge in [-0.1, -0.05) is 60.8 Å². The molecule has 42 heavy (non-hydrogen) atoms. The number of sulfone groups is 1. The van der Waals surface area contributed by atoms with Crippen molar-refractivity contribution in [2.45, 2.75) is 51.5 Å². The van der Waals surface area contributed by atoms with Crippen LogP contribution in [0.25, 0.3) is 22.5 Å². The topological polar surface area (TPSA) is 105 Å². The first-order valence-corrected chi connectivity index (χ1v) is 16.5. The van der Waals surface area contributed by atoms with Gasteiger partial charge in [0.05, 0.1) is 11.5 Å². The molecule has 8 nitrogen and oxygen atoms in total. The molecule has 1 aliphatic carbocycles. The van der Waals surface area contributed by atoms with Crippen LogP contribution in [-0.2, 0) is 16.4 Å². The number of carbonyl (C=O) groups is 1. The molecule has 0 bridgehead atoms. The van der Waals surface area contributed by atoms with Crippen LogP contribution < -0.4 is 5.32 Å². The summed E-state index contributed by atoms with van der Waals surface area (Å²) in [6.07, 6.45) is 5.94. The number of nitrogens with zero attached hydrogens (tertiary/aromatic N) is 3. The standard InChI is InChI=1S/C33H36N4O4S/c1-23-7-10-28(31-35-33(41-36-31)27-5-3-2-4-6-27)21-30(23)25-11-13-26(14-12-25)32(38)34-29-15-8-24(9-16-29)22-37-17-19-42(39,40)20-18-37/h7-16,21,27H,2-6,17-20,22H2,1H3,(H,34,38). The lowest BCUT2D eigenvalue weighted by Gasteiger charge is -2.26. The number of anilines is 1. The zero-order valence-corrected chi connectivity index (χ0v) is 24.7. The quantitative estimate of drug-likeness (QED) is 0.274. The van der Waals surface area contributed by atoms with Crippen LogP contribution in [0.2, 0.25) is 0 Å². The third-order valence-electron chi connectivity index (χ3n) is 8.41. The lowest BCUT2D eigenvalue weighted by atomic mass is 9.89. The van der Waals surface area contributed by atoms with Crippen LogP contribution >= 0.6 is 0 Å². The molecule has 2 aliphatic rings. The second-order valence-electron chi connectivity index (χ2n) is 11.5. The molecule has 4 aromatic rings. The summed E-state index contributed by atoms with van der Waals surface area (Å²) in [7, 11) is -2.89. The normalized spacial score (nSPS) is 17.6. The molecule has 1 aromatic heterocycles. The Hall–Kier alpha value is -3.82. The Labute approximate surface area is 247 Å². The number of rotatable bonds is 7. The van der Waals surface area contributed by atoms with Gasteiger partial charge >= 0.3 is 0 Å². The Balaban J connectivity index is 1.09. The van der Waals surface area contributed by atoms with Crippen molar-refractivity contribution in [1.29, 1.82) is 0 Å². The fourth-order valence-electron chi connectivity index (χ4n) is 5.80. The number of amides is 1. The Morgan fingerprint density at radius 2 is 1.62 bits per heavy atom. The van der Waals surface area contributed by atoms with Gasteiger partial charge in [-0.05, 0) is 72.4 Å². The average molecular weight is 585 g/mol. The zero-order valence-electron chi connectivity index (χ0n) is 23.9. The molecular weight excluding hydrogens is 548 g/mol. The molecule has 3 aromatic carbocycles. The van der Waals surface area contributed by atoms with Gasteiger partial charge in [0.1, 0.15) is 0 Å². The first-order valence-electron chi connectivity index (χ1n) is 14.7. The second-order valence-corrected chi connectivity index (χ2v) is 13.8. The predicted octanol–water partition coefficient (Wildman–Crippen LogP) is 6.24. The fraction of sp³-hybridized carbons (Fsp3) is 0.364. The minimum Gasteiger partial charge on any atom is -0.339 e. The molecule has 0 spiro atoms. The summed E-state index contributed by atoms with van der Waals surface area (Å²) in [5, 5.41) is 7.25. The summed E-state index contributed by atoms with van der Waals surface area (Å²) in [5.41, 5.74) is 6.48. The highest BCUT2D eigenvalue weighted by molar-refractivity contribution is 7.91. The number of carbonyl (C=O) groups excluding carboxylic acids is 1. The minimum absolute atomic E-state index is 0.178. The molecule has 1 N–H and O–H groups in total. The maximum Gasteiger partial charge on any atom is 0.255 e. The molecule has 9 heteroatoms.